The van der Waals surface area contributed by atoms with Gasteiger partial charge in [-0.05, 0) is 70.2 Å². The third-order valence-electron chi connectivity index (χ3n) is 10.2. The highest BCUT2D eigenvalue weighted by atomic mass is 16.5. The number of imidazole rings is 2. The van der Waals surface area contributed by atoms with Crippen molar-refractivity contribution in [2.45, 2.75) is 53.8 Å². The fourth-order valence-electron chi connectivity index (χ4n) is 6.93. The summed E-state index contributed by atoms with van der Waals surface area (Å²) in [7, 11) is 3.14. The fourth-order valence-corrected chi connectivity index (χ4v) is 6.93. The standard InChI is InChI=1S/C46H57N15O8/c1-7-52-34(19-27(3)48)43(66)55-45-54-33-22-30(42(50)65)24-37(69-18-12-9-14-51-26-31(25-47)58(5)17-13-38(62)63)40(33)60(45)16-11-10-15-59-39-32(21-29(41(49)64)23-36(39)68-6)53-46(59)56-44(67)35-20-28(4)57-61(35)8-2/h9-12,19-26H,7-8,13-18,47-48H2,1-6H3,(H2,49,64)(H2,50,65)(H,62,63)(H,53,56,67)(H,54,55,66)/b11-10+,12-9+,27-19-,31-25+,51-26?,52-34?. The van der Waals surface area contributed by atoms with E-state index in [1.165, 1.54) is 49.9 Å². The molecule has 364 valence electrons. The Morgan fingerprint density at radius 1 is 0.870 bits per heavy atom. The number of primary amides is 2. The topological polar surface area (TPSA) is 334 Å². The summed E-state index contributed by atoms with van der Waals surface area (Å²) in [5, 5.41) is 19.1. The number of carbonyl (C=O) groups excluding carboxylic acids is 4. The van der Waals surface area contributed by atoms with Crippen molar-refractivity contribution in [3.8, 4) is 11.5 Å². The van der Waals surface area contributed by atoms with Gasteiger partial charge in [0, 0.05) is 69.0 Å². The van der Waals surface area contributed by atoms with Crippen LogP contribution in [0.3, 0.4) is 0 Å². The van der Waals surface area contributed by atoms with Gasteiger partial charge in [0.2, 0.25) is 23.7 Å². The van der Waals surface area contributed by atoms with E-state index in [1.807, 2.05) is 6.92 Å². The summed E-state index contributed by atoms with van der Waals surface area (Å²) < 4.78 is 16.9. The second-order valence-electron chi connectivity index (χ2n) is 15.3. The smallest absolute Gasteiger partial charge is 0.305 e. The average molecular weight is 948 g/mol. The van der Waals surface area contributed by atoms with E-state index in [4.69, 9.17) is 42.5 Å². The highest BCUT2D eigenvalue weighted by molar-refractivity contribution is 6.47. The van der Waals surface area contributed by atoms with Crippen molar-refractivity contribution in [1.29, 1.82) is 0 Å². The van der Waals surface area contributed by atoms with Crippen molar-refractivity contribution in [2.24, 2.45) is 32.9 Å². The lowest BCUT2D eigenvalue weighted by atomic mass is 10.1. The Hall–Kier alpha value is -8.76. The number of benzene rings is 2. The van der Waals surface area contributed by atoms with Gasteiger partial charge in [0.1, 0.15) is 40.5 Å². The summed E-state index contributed by atoms with van der Waals surface area (Å²) in [5.41, 5.74) is 26.7. The second kappa shape index (κ2) is 23.6. The summed E-state index contributed by atoms with van der Waals surface area (Å²) in [6.45, 7) is 8.46. The predicted octanol–water partition coefficient (Wildman–Crippen LogP) is 3.10. The highest BCUT2D eigenvalue weighted by Gasteiger charge is 2.23. The predicted molar refractivity (Wildman–Crippen MR) is 262 cm³/mol. The third kappa shape index (κ3) is 13.0. The van der Waals surface area contributed by atoms with Gasteiger partial charge in [-0.3, -0.25) is 49.3 Å². The molecular weight excluding hydrogens is 891 g/mol. The Bertz CT molecular complexity index is 2930. The monoisotopic (exact) mass is 947 g/mol. The van der Waals surface area contributed by atoms with E-state index >= 15 is 0 Å². The minimum absolute atomic E-state index is 0.0155. The number of nitrogens with zero attached hydrogens (tertiary/aromatic N) is 9. The maximum Gasteiger partial charge on any atom is 0.305 e. The van der Waals surface area contributed by atoms with Gasteiger partial charge in [-0.1, -0.05) is 18.2 Å². The normalized spacial score (nSPS) is 12.5. The summed E-state index contributed by atoms with van der Waals surface area (Å²) in [6, 6.07) is 7.62. The highest BCUT2D eigenvalue weighted by Crippen LogP contribution is 2.33. The van der Waals surface area contributed by atoms with E-state index in [-0.39, 0.29) is 85.0 Å². The lowest BCUT2D eigenvalue weighted by Crippen LogP contribution is -2.24. The van der Waals surface area contributed by atoms with Crippen molar-refractivity contribution in [1.82, 2.24) is 33.8 Å². The maximum absolute atomic E-state index is 13.7. The van der Waals surface area contributed by atoms with Crippen LogP contribution in [0.5, 0.6) is 11.5 Å². The Morgan fingerprint density at radius 2 is 1.48 bits per heavy atom. The molecule has 0 bridgehead atoms. The number of aromatic nitrogens is 6. The minimum atomic E-state index is -0.933. The van der Waals surface area contributed by atoms with Crippen molar-refractivity contribution in [2.75, 3.05) is 51.0 Å². The van der Waals surface area contributed by atoms with Gasteiger partial charge in [-0.25, -0.2) is 9.97 Å². The first-order chi connectivity index (χ1) is 33.0. The molecule has 5 rings (SSSR count). The van der Waals surface area contributed by atoms with Gasteiger partial charge in [0.25, 0.3) is 11.8 Å². The van der Waals surface area contributed by atoms with E-state index in [0.29, 0.717) is 52.4 Å². The van der Waals surface area contributed by atoms with Gasteiger partial charge < -0.3 is 51.5 Å². The molecule has 0 saturated heterocycles. The fraction of sp³-hybridized carbons (Fsp3) is 0.304. The van der Waals surface area contributed by atoms with Crippen LogP contribution in [-0.4, -0.2) is 121 Å². The SMILES string of the molecule is CCN=C(/C=C(/C)N)C(=O)Nc1nc2cc(C(N)=O)cc(OC/C=C/CN=C/C(=C\N)N(C)CCC(=O)O)c2n1C/C=C/Cn1c(NC(=O)c2cc(C)nn2CC)nc2cc(C(N)=O)cc(OC)c21. The molecule has 5 aromatic rings. The molecule has 0 aliphatic carbocycles. The van der Waals surface area contributed by atoms with Gasteiger partial charge in [0.05, 0.1) is 42.5 Å². The quantitative estimate of drug-likeness (QED) is 0.0345. The first-order valence-corrected chi connectivity index (χ1v) is 21.6. The molecule has 0 saturated carbocycles. The number of allylic oxidation sites excluding steroid dienone is 4. The Morgan fingerprint density at radius 3 is 2.03 bits per heavy atom. The van der Waals surface area contributed by atoms with Crippen molar-refractivity contribution < 1.29 is 38.6 Å². The number of rotatable bonds is 24. The van der Waals surface area contributed by atoms with E-state index in [2.05, 4.69) is 30.7 Å². The van der Waals surface area contributed by atoms with E-state index in [0.717, 1.165) is 0 Å². The van der Waals surface area contributed by atoms with Crippen molar-refractivity contribution in [3.63, 3.8) is 0 Å². The van der Waals surface area contributed by atoms with Crippen LogP contribution in [0.25, 0.3) is 22.1 Å². The van der Waals surface area contributed by atoms with E-state index < -0.39 is 29.6 Å². The number of carbonyl (C=O) groups is 5. The molecule has 3 aromatic heterocycles. The number of nitrogens with two attached hydrogens (primary N) is 4. The van der Waals surface area contributed by atoms with Crippen LogP contribution in [0.1, 0.15) is 64.1 Å². The van der Waals surface area contributed by atoms with Gasteiger partial charge in [-0.2, -0.15) is 5.10 Å². The largest absolute Gasteiger partial charge is 0.494 e. The van der Waals surface area contributed by atoms with Crippen LogP contribution < -0.4 is 43.0 Å². The van der Waals surface area contributed by atoms with Crippen LogP contribution >= 0.6 is 0 Å². The number of hydrogen-bond donors (Lipinski definition) is 7. The Kier molecular flexibility index (Phi) is 17.5. The number of nitrogens with one attached hydrogen (secondary N) is 2. The third-order valence-corrected chi connectivity index (χ3v) is 10.2. The molecule has 69 heavy (non-hydrogen) atoms. The molecule has 0 unspecified atom stereocenters. The number of aryl methyl sites for hydroxylation is 2. The van der Waals surface area contributed by atoms with Gasteiger partial charge in [-0.15, -0.1) is 0 Å². The molecular formula is C46H57N15O8. The Labute approximate surface area is 396 Å². The molecule has 0 fully saturated rings. The van der Waals surface area contributed by atoms with Gasteiger partial charge in [0.15, 0.2) is 0 Å². The van der Waals surface area contributed by atoms with Crippen LogP contribution in [0, 0.1) is 6.92 Å². The maximum atomic E-state index is 13.7. The molecule has 0 aliphatic rings. The van der Waals surface area contributed by atoms with Crippen LogP contribution in [0.2, 0.25) is 0 Å². The zero-order valence-corrected chi connectivity index (χ0v) is 39.2. The average Bonchev–Trinajstić information content (AvgIpc) is 3.98. The second-order valence-corrected chi connectivity index (χ2v) is 15.3. The number of methoxy groups -OCH3 is 1. The number of ether oxygens (including phenoxy) is 2. The molecule has 23 heteroatoms. The zero-order valence-electron chi connectivity index (χ0n) is 39.2. The molecule has 11 N–H and O–H groups in total. The summed E-state index contributed by atoms with van der Waals surface area (Å²) in [6.07, 6.45) is 11.3. The number of aliphatic imine (C=N–C) groups is 2. The molecule has 23 nitrogen and oxygen atoms in total. The molecule has 0 spiro atoms. The number of anilines is 2. The zero-order chi connectivity index (χ0) is 50.4. The number of fused-ring (bicyclic) bond motifs is 2. The van der Waals surface area contributed by atoms with Crippen molar-refractivity contribution in [3.05, 3.63) is 101 Å². The van der Waals surface area contributed by atoms with E-state index in [9.17, 15) is 24.0 Å². The molecule has 0 aliphatic heterocycles. The first-order valence-electron chi connectivity index (χ1n) is 21.6. The van der Waals surface area contributed by atoms with Crippen LogP contribution in [0.15, 0.2) is 88.3 Å². The summed E-state index contributed by atoms with van der Waals surface area (Å²) in [5.74, 6) is -2.74. The Balaban J connectivity index is 1.53. The van der Waals surface area contributed by atoms with Gasteiger partial charge >= 0.3 is 5.97 Å². The van der Waals surface area contributed by atoms with Crippen LogP contribution in [-0.2, 0) is 29.2 Å². The van der Waals surface area contributed by atoms with Crippen LogP contribution in [0.4, 0.5) is 11.9 Å². The lowest BCUT2D eigenvalue weighted by Gasteiger charge is -2.18. The summed E-state index contributed by atoms with van der Waals surface area (Å²) >= 11 is 0. The molecule has 0 atom stereocenters. The molecule has 3 heterocycles. The number of aliphatic carboxylic acids is 1. The van der Waals surface area contributed by atoms with E-state index in [1.54, 1.807) is 76.9 Å². The molecule has 2 aromatic carbocycles. The number of amides is 4. The van der Waals surface area contributed by atoms with Crippen molar-refractivity contribution >= 4 is 75.5 Å². The number of hydrogen-bond acceptors (Lipinski definition) is 15. The molecule has 0 radical (unpaired) electrons. The first kappa shape index (κ1) is 51.2. The lowest BCUT2D eigenvalue weighted by molar-refractivity contribution is -0.137. The summed E-state index contributed by atoms with van der Waals surface area (Å²) in [4.78, 5) is 83.0. The minimum Gasteiger partial charge on any atom is -0.494 e. The molecule has 4 amide bonds. The number of carboxylic acid groups (broad SMARTS) is 1. The number of carboxylic acids is 1.